The van der Waals surface area contributed by atoms with Gasteiger partial charge in [0.1, 0.15) is 6.10 Å². The second-order valence-electron chi connectivity index (χ2n) is 7.66. The zero-order valence-electron chi connectivity index (χ0n) is 17.4. The van der Waals surface area contributed by atoms with Crippen LogP contribution < -0.4 is 4.72 Å². The van der Waals surface area contributed by atoms with Crippen LogP contribution in [0.5, 0.6) is 0 Å². The van der Waals surface area contributed by atoms with Gasteiger partial charge in [-0.25, -0.2) is 8.42 Å². The molecule has 1 heterocycles. The van der Waals surface area contributed by atoms with Crippen LogP contribution in [-0.2, 0) is 14.8 Å². The fourth-order valence-electron chi connectivity index (χ4n) is 3.72. The van der Waals surface area contributed by atoms with Crippen LogP contribution in [0.2, 0.25) is 5.02 Å². The summed E-state index contributed by atoms with van der Waals surface area (Å²) in [7, 11) is -3.89. The Kier molecular flexibility index (Phi) is 6.50. The summed E-state index contributed by atoms with van der Waals surface area (Å²) in [5.74, 6) is -0.254. The van der Waals surface area contributed by atoms with Crippen molar-refractivity contribution in [1.82, 2.24) is 4.90 Å². The number of hydrogen-bond acceptors (Lipinski definition) is 4. The average Bonchev–Trinajstić information content (AvgIpc) is 2.79. The van der Waals surface area contributed by atoms with Crippen LogP contribution in [0.15, 0.2) is 83.8 Å². The van der Waals surface area contributed by atoms with Gasteiger partial charge < -0.3 is 9.64 Å². The standard InChI is InChI=1S/C24H23ClN2O4S/c1-17-15-27(16-23(31-17)18-7-3-2-4-8-18)24(28)21-9-5-6-10-22(21)26-32(29,30)20-13-11-19(25)12-14-20/h2-14,17,23,26H,15-16H2,1H3. The molecule has 1 fully saturated rings. The molecular weight excluding hydrogens is 448 g/mol. The van der Waals surface area contributed by atoms with Gasteiger partial charge >= 0.3 is 0 Å². The summed E-state index contributed by atoms with van der Waals surface area (Å²) in [6.07, 6.45) is -0.405. The highest BCUT2D eigenvalue weighted by molar-refractivity contribution is 7.92. The molecule has 0 radical (unpaired) electrons. The number of nitrogens with one attached hydrogen (secondary N) is 1. The van der Waals surface area contributed by atoms with Crippen molar-refractivity contribution in [2.24, 2.45) is 0 Å². The minimum Gasteiger partial charge on any atom is -0.367 e. The van der Waals surface area contributed by atoms with Crippen LogP contribution in [0.25, 0.3) is 0 Å². The van der Waals surface area contributed by atoms with Crippen molar-refractivity contribution in [2.75, 3.05) is 17.8 Å². The molecule has 0 aliphatic carbocycles. The van der Waals surface area contributed by atoms with Gasteiger partial charge in [0.15, 0.2) is 0 Å². The number of sulfonamides is 1. The van der Waals surface area contributed by atoms with E-state index in [0.29, 0.717) is 18.1 Å². The summed E-state index contributed by atoms with van der Waals surface area (Å²) >= 11 is 5.87. The number of anilines is 1. The highest BCUT2D eigenvalue weighted by Crippen LogP contribution is 2.28. The first-order chi connectivity index (χ1) is 15.3. The molecule has 1 aliphatic heterocycles. The minimum absolute atomic E-state index is 0.0632. The van der Waals surface area contributed by atoms with E-state index in [9.17, 15) is 13.2 Å². The number of nitrogens with zero attached hydrogens (tertiary/aromatic N) is 1. The Hall–Kier alpha value is -2.87. The van der Waals surface area contributed by atoms with E-state index in [1.165, 1.54) is 24.3 Å². The van der Waals surface area contributed by atoms with Crippen molar-refractivity contribution in [3.8, 4) is 0 Å². The Balaban J connectivity index is 1.59. The molecule has 4 rings (SSSR count). The Bertz CT molecular complexity index is 1200. The van der Waals surface area contributed by atoms with Gasteiger partial charge in [0.25, 0.3) is 15.9 Å². The fraction of sp³-hybridized carbons (Fsp3) is 0.208. The van der Waals surface area contributed by atoms with E-state index in [1.54, 1.807) is 29.2 Å². The fourth-order valence-corrected chi connectivity index (χ4v) is 4.92. The lowest BCUT2D eigenvalue weighted by Crippen LogP contribution is -2.46. The predicted molar refractivity (Wildman–Crippen MR) is 124 cm³/mol. The van der Waals surface area contributed by atoms with Gasteiger partial charge in [-0.2, -0.15) is 0 Å². The molecule has 0 saturated carbocycles. The Morgan fingerprint density at radius 3 is 2.34 bits per heavy atom. The number of amides is 1. The van der Waals surface area contributed by atoms with Gasteiger partial charge in [-0.05, 0) is 48.9 Å². The molecular formula is C24H23ClN2O4S. The normalized spacial score (nSPS) is 18.9. The van der Waals surface area contributed by atoms with Crippen molar-refractivity contribution in [1.29, 1.82) is 0 Å². The maximum absolute atomic E-state index is 13.4. The molecule has 8 heteroatoms. The van der Waals surface area contributed by atoms with Crippen molar-refractivity contribution in [3.05, 3.63) is 95.0 Å². The summed E-state index contributed by atoms with van der Waals surface area (Å²) in [5, 5.41) is 0.439. The van der Waals surface area contributed by atoms with Gasteiger partial charge in [0, 0.05) is 11.6 Å². The second-order valence-corrected chi connectivity index (χ2v) is 9.78. The number of hydrogen-bond donors (Lipinski definition) is 1. The van der Waals surface area contributed by atoms with E-state index in [0.717, 1.165) is 5.56 Å². The molecule has 1 aliphatic rings. The smallest absolute Gasteiger partial charge is 0.261 e. The first kappa shape index (κ1) is 22.3. The molecule has 166 valence electrons. The van der Waals surface area contributed by atoms with Crippen molar-refractivity contribution < 1.29 is 17.9 Å². The quantitative estimate of drug-likeness (QED) is 0.584. The minimum atomic E-state index is -3.89. The molecule has 3 aromatic rings. The molecule has 0 aromatic heterocycles. The van der Waals surface area contributed by atoms with E-state index in [2.05, 4.69) is 4.72 Å². The molecule has 3 aromatic carbocycles. The zero-order chi connectivity index (χ0) is 22.7. The van der Waals surface area contributed by atoms with Crippen LogP contribution in [0.1, 0.15) is 28.9 Å². The highest BCUT2D eigenvalue weighted by Gasteiger charge is 2.31. The summed E-state index contributed by atoms with van der Waals surface area (Å²) in [6, 6.07) is 22.2. The van der Waals surface area contributed by atoms with Gasteiger partial charge in [-0.15, -0.1) is 0 Å². The topological polar surface area (TPSA) is 75.7 Å². The monoisotopic (exact) mass is 470 g/mol. The van der Waals surface area contributed by atoms with E-state index >= 15 is 0 Å². The van der Waals surface area contributed by atoms with Gasteiger partial charge in [0.2, 0.25) is 0 Å². The molecule has 1 saturated heterocycles. The third-order valence-corrected chi connectivity index (χ3v) is 6.88. The van der Waals surface area contributed by atoms with E-state index in [1.807, 2.05) is 37.3 Å². The lowest BCUT2D eigenvalue weighted by atomic mass is 10.1. The second kappa shape index (κ2) is 9.32. The Morgan fingerprint density at radius 1 is 0.969 bits per heavy atom. The van der Waals surface area contributed by atoms with E-state index in [-0.39, 0.29) is 34.3 Å². The summed E-state index contributed by atoms with van der Waals surface area (Å²) in [4.78, 5) is 15.2. The molecule has 0 spiro atoms. The molecule has 1 N–H and O–H groups in total. The lowest BCUT2D eigenvalue weighted by molar-refractivity contribution is -0.0691. The first-order valence-electron chi connectivity index (χ1n) is 10.2. The predicted octanol–water partition coefficient (Wildman–Crippen LogP) is 4.74. The largest absolute Gasteiger partial charge is 0.367 e. The maximum atomic E-state index is 13.4. The van der Waals surface area contributed by atoms with Crippen LogP contribution in [-0.4, -0.2) is 38.4 Å². The Labute approximate surface area is 192 Å². The number of morpholine rings is 1. The van der Waals surface area contributed by atoms with Crippen molar-refractivity contribution in [3.63, 3.8) is 0 Å². The van der Waals surface area contributed by atoms with Gasteiger partial charge in [0.05, 0.1) is 28.8 Å². The number of benzene rings is 3. The van der Waals surface area contributed by atoms with Gasteiger partial charge in [-0.1, -0.05) is 54.1 Å². The van der Waals surface area contributed by atoms with Gasteiger partial charge in [-0.3, -0.25) is 9.52 Å². The van der Waals surface area contributed by atoms with Crippen LogP contribution in [0.3, 0.4) is 0 Å². The third kappa shape index (κ3) is 4.96. The SMILES string of the molecule is CC1CN(C(=O)c2ccccc2NS(=O)(=O)c2ccc(Cl)cc2)CC(c2ccccc2)O1. The number of carbonyl (C=O) groups is 1. The molecule has 1 amide bonds. The number of rotatable bonds is 5. The highest BCUT2D eigenvalue weighted by atomic mass is 35.5. The summed E-state index contributed by atoms with van der Waals surface area (Å²) < 4.78 is 34.3. The number of ether oxygens (including phenoxy) is 1. The maximum Gasteiger partial charge on any atom is 0.261 e. The Morgan fingerprint density at radius 2 is 1.62 bits per heavy atom. The zero-order valence-corrected chi connectivity index (χ0v) is 19.0. The number of halogens is 1. The summed E-state index contributed by atoms with van der Waals surface area (Å²) in [5.41, 5.74) is 1.50. The van der Waals surface area contributed by atoms with Crippen molar-refractivity contribution in [2.45, 2.75) is 24.0 Å². The molecule has 0 bridgehead atoms. The molecule has 32 heavy (non-hydrogen) atoms. The molecule has 2 unspecified atom stereocenters. The van der Waals surface area contributed by atoms with Crippen LogP contribution in [0.4, 0.5) is 5.69 Å². The van der Waals surface area contributed by atoms with E-state index in [4.69, 9.17) is 16.3 Å². The lowest BCUT2D eigenvalue weighted by Gasteiger charge is -2.37. The average molecular weight is 471 g/mol. The van der Waals surface area contributed by atoms with Crippen molar-refractivity contribution >= 4 is 33.2 Å². The van der Waals surface area contributed by atoms with Crippen LogP contribution >= 0.6 is 11.6 Å². The first-order valence-corrected chi connectivity index (χ1v) is 12.1. The molecule has 6 nitrogen and oxygen atoms in total. The molecule has 2 atom stereocenters. The third-order valence-electron chi connectivity index (χ3n) is 5.24. The number of carbonyl (C=O) groups excluding carboxylic acids is 1. The van der Waals surface area contributed by atoms with E-state index < -0.39 is 10.0 Å². The summed E-state index contributed by atoms with van der Waals surface area (Å²) in [6.45, 7) is 2.72. The van der Waals surface area contributed by atoms with Crippen LogP contribution in [0, 0.1) is 0 Å². The number of para-hydroxylation sites is 1.